The van der Waals surface area contributed by atoms with Crippen molar-refractivity contribution in [2.75, 3.05) is 0 Å². The van der Waals surface area contributed by atoms with E-state index in [0.29, 0.717) is 0 Å². The van der Waals surface area contributed by atoms with E-state index in [0.717, 1.165) is 6.42 Å². The Hall–Kier alpha value is -0.760. The van der Waals surface area contributed by atoms with Gasteiger partial charge >= 0.3 is 0 Å². The zero-order valence-corrected chi connectivity index (χ0v) is 8.29. The van der Waals surface area contributed by atoms with Crippen LogP contribution in [0.5, 0.6) is 0 Å². The molecule has 1 unspecified atom stereocenters. The maximum absolute atomic E-state index is 6.03. The first-order valence-electron chi connectivity index (χ1n) is 5.27. The van der Waals surface area contributed by atoms with Gasteiger partial charge < -0.3 is 10.3 Å². The fourth-order valence-corrected chi connectivity index (χ4v) is 2.15. The second-order valence-corrected chi connectivity index (χ2v) is 3.88. The average Bonchev–Trinajstić information content (AvgIpc) is 2.60. The van der Waals surface area contributed by atoms with Crippen molar-refractivity contribution in [3.05, 3.63) is 23.5 Å². The van der Waals surface area contributed by atoms with Gasteiger partial charge in [0.2, 0.25) is 0 Å². The number of hydrogen-bond donors (Lipinski definition) is 1. The molecule has 0 saturated carbocycles. The standard InChI is InChI=1S/C11H18N2/c1-2-11(12)13-8-7-9-5-3-4-6-10(9)13/h7-8,11H,2-6,12H2,1H3. The summed E-state index contributed by atoms with van der Waals surface area (Å²) in [6.45, 7) is 2.14. The third-order valence-corrected chi connectivity index (χ3v) is 3.00. The monoisotopic (exact) mass is 178 g/mol. The van der Waals surface area contributed by atoms with Gasteiger partial charge in [-0.15, -0.1) is 0 Å². The predicted molar refractivity (Wildman–Crippen MR) is 54.6 cm³/mol. The Labute approximate surface area is 79.7 Å². The van der Waals surface area contributed by atoms with Crippen LogP contribution in [0.4, 0.5) is 0 Å². The van der Waals surface area contributed by atoms with Gasteiger partial charge in [0.05, 0.1) is 6.17 Å². The summed E-state index contributed by atoms with van der Waals surface area (Å²) in [5.41, 5.74) is 9.04. The van der Waals surface area contributed by atoms with Gasteiger partial charge in [0.15, 0.2) is 0 Å². The van der Waals surface area contributed by atoms with Crippen LogP contribution in [0.2, 0.25) is 0 Å². The van der Waals surface area contributed by atoms with Crippen LogP contribution in [0.3, 0.4) is 0 Å². The SMILES string of the molecule is CCC(N)n1ccc2c1CCCC2. The van der Waals surface area contributed by atoms with Crippen molar-refractivity contribution in [3.63, 3.8) is 0 Å². The lowest BCUT2D eigenvalue weighted by molar-refractivity contribution is 0.478. The minimum absolute atomic E-state index is 0.182. The zero-order valence-electron chi connectivity index (χ0n) is 8.29. The summed E-state index contributed by atoms with van der Waals surface area (Å²) >= 11 is 0. The summed E-state index contributed by atoms with van der Waals surface area (Å²) in [5.74, 6) is 0. The molecule has 0 saturated heterocycles. The molecule has 2 rings (SSSR count). The molecule has 0 fully saturated rings. The van der Waals surface area contributed by atoms with Crippen molar-refractivity contribution in [1.82, 2.24) is 4.57 Å². The van der Waals surface area contributed by atoms with Crippen molar-refractivity contribution in [2.45, 2.75) is 45.2 Å². The summed E-state index contributed by atoms with van der Waals surface area (Å²) in [7, 11) is 0. The molecular formula is C11H18N2. The molecule has 2 nitrogen and oxygen atoms in total. The van der Waals surface area contributed by atoms with Gasteiger partial charge in [0.1, 0.15) is 0 Å². The number of aromatic nitrogens is 1. The first-order chi connectivity index (χ1) is 6.33. The van der Waals surface area contributed by atoms with Gasteiger partial charge in [-0.25, -0.2) is 0 Å². The quantitative estimate of drug-likeness (QED) is 0.739. The third kappa shape index (κ3) is 1.51. The number of rotatable bonds is 2. The molecule has 0 bridgehead atoms. The minimum atomic E-state index is 0.182. The second kappa shape index (κ2) is 3.54. The van der Waals surface area contributed by atoms with Crippen molar-refractivity contribution in [3.8, 4) is 0 Å². The smallest absolute Gasteiger partial charge is 0.0808 e. The van der Waals surface area contributed by atoms with Gasteiger partial charge in [-0.05, 0) is 43.7 Å². The van der Waals surface area contributed by atoms with E-state index in [-0.39, 0.29) is 6.17 Å². The Balaban J connectivity index is 2.31. The van der Waals surface area contributed by atoms with E-state index in [1.54, 1.807) is 0 Å². The first-order valence-corrected chi connectivity index (χ1v) is 5.27. The molecular weight excluding hydrogens is 160 g/mol. The van der Waals surface area contributed by atoms with Gasteiger partial charge in [0.25, 0.3) is 0 Å². The highest BCUT2D eigenvalue weighted by atomic mass is 15.1. The van der Waals surface area contributed by atoms with E-state index < -0.39 is 0 Å². The van der Waals surface area contributed by atoms with Crippen LogP contribution in [0.1, 0.15) is 43.6 Å². The summed E-state index contributed by atoms with van der Waals surface area (Å²) in [5, 5.41) is 0. The Morgan fingerprint density at radius 1 is 1.46 bits per heavy atom. The van der Waals surface area contributed by atoms with Gasteiger partial charge in [-0.2, -0.15) is 0 Å². The van der Waals surface area contributed by atoms with Crippen LogP contribution in [-0.2, 0) is 12.8 Å². The summed E-state index contributed by atoms with van der Waals surface area (Å²) in [4.78, 5) is 0. The topological polar surface area (TPSA) is 30.9 Å². The highest BCUT2D eigenvalue weighted by molar-refractivity contribution is 5.25. The lowest BCUT2D eigenvalue weighted by Gasteiger charge is -2.19. The fourth-order valence-electron chi connectivity index (χ4n) is 2.15. The number of nitrogens with zero attached hydrogens (tertiary/aromatic N) is 1. The van der Waals surface area contributed by atoms with E-state index in [1.165, 1.54) is 36.9 Å². The molecule has 0 aliphatic heterocycles. The van der Waals surface area contributed by atoms with Gasteiger partial charge in [0, 0.05) is 11.9 Å². The number of hydrogen-bond acceptors (Lipinski definition) is 1. The lowest BCUT2D eigenvalue weighted by atomic mass is 9.98. The Kier molecular flexibility index (Phi) is 2.40. The van der Waals surface area contributed by atoms with Crippen molar-refractivity contribution in [1.29, 1.82) is 0 Å². The largest absolute Gasteiger partial charge is 0.336 e. The van der Waals surface area contributed by atoms with Gasteiger partial charge in [-0.1, -0.05) is 6.92 Å². The Bertz CT molecular complexity index is 288. The van der Waals surface area contributed by atoms with Crippen LogP contribution in [0.15, 0.2) is 12.3 Å². The Morgan fingerprint density at radius 3 is 3.00 bits per heavy atom. The summed E-state index contributed by atoms with van der Waals surface area (Å²) in [6, 6.07) is 2.24. The van der Waals surface area contributed by atoms with E-state index in [1.807, 2.05) is 0 Å². The van der Waals surface area contributed by atoms with E-state index in [9.17, 15) is 0 Å². The first kappa shape index (κ1) is 8.82. The average molecular weight is 178 g/mol. The number of nitrogens with two attached hydrogens (primary N) is 1. The molecule has 0 spiro atoms. The van der Waals surface area contributed by atoms with Crippen LogP contribution in [0, 0.1) is 0 Å². The van der Waals surface area contributed by atoms with Crippen molar-refractivity contribution < 1.29 is 0 Å². The molecule has 2 N–H and O–H groups in total. The molecule has 0 aromatic carbocycles. The molecule has 1 heterocycles. The van der Waals surface area contributed by atoms with Crippen molar-refractivity contribution >= 4 is 0 Å². The second-order valence-electron chi connectivity index (χ2n) is 3.88. The van der Waals surface area contributed by atoms with Crippen LogP contribution >= 0.6 is 0 Å². The Morgan fingerprint density at radius 2 is 2.23 bits per heavy atom. The molecule has 1 aliphatic rings. The number of aryl methyl sites for hydroxylation is 1. The predicted octanol–water partition coefficient (Wildman–Crippen LogP) is 2.23. The van der Waals surface area contributed by atoms with Gasteiger partial charge in [-0.3, -0.25) is 0 Å². The van der Waals surface area contributed by atoms with Crippen LogP contribution < -0.4 is 5.73 Å². The highest BCUT2D eigenvalue weighted by Crippen LogP contribution is 2.24. The summed E-state index contributed by atoms with van der Waals surface area (Å²) in [6.07, 6.45) is 8.49. The normalized spacial score (nSPS) is 18.3. The molecule has 2 heteroatoms. The van der Waals surface area contributed by atoms with E-state index in [2.05, 4.69) is 23.8 Å². The van der Waals surface area contributed by atoms with E-state index >= 15 is 0 Å². The van der Waals surface area contributed by atoms with Crippen molar-refractivity contribution in [2.24, 2.45) is 5.73 Å². The molecule has 0 radical (unpaired) electrons. The number of fused-ring (bicyclic) bond motifs is 1. The molecule has 13 heavy (non-hydrogen) atoms. The molecule has 1 aromatic heterocycles. The van der Waals surface area contributed by atoms with Crippen LogP contribution in [-0.4, -0.2) is 4.57 Å². The molecule has 72 valence electrons. The maximum Gasteiger partial charge on any atom is 0.0808 e. The molecule has 1 aromatic rings. The molecule has 1 atom stereocenters. The fraction of sp³-hybridized carbons (Fsp3) is 0.636. The van der Waals surface area contributed by atoms with Crippen LogP contribution in [0.25, 0.3) is 0 Å². The molecule has 1 aliphatic carbocycles. The minimum Gasteiger partial charge on any atom is -0.336 e. The molecule has 0 amide bonds. The lowest BCUT2D eigenvalue weighted by Crippen LogP contribution is -2.20. The highest BCUT2D eigenvalue weighted by Gasteiger charge is 2.15. The maximum atomic E-state index is 6.03. The third-order valence-electron chi connectivity index (χ3n) is 3.00. The van der Waals surface area contributed by atoms with E-state index in [4.69, 9.17) is 5.73 Å². The summed E-state index contributed by atoms with van der Waals surface area (Å²) < 4.78 is 2.26. The zero-order chi connectivity index (χ0) is 9.26.